The van der Waals surface area contributed by atoms with Crippen molar-refractivity contribution in [2.45, 2.75) is 25.3 Å². The first-order valence-electron chi connectivity index (χ1n) is 5.00. The number of nitrogens with one attached hydrogen (secondary N) is 1. The fourth-order valence-corrected chi connectivity index (χ4v) is 2.31. The fraction of sp³-hybridized carbons (Fsp3) is 0.455. The Morgan fingerprint density at radius 2 is 2.21 bits per heavy atom. The first-order chi connectivity index (χ1) is 6.79. The third-order valence-corrected chi connectivity index (χ3v) is 3.34. The second-order valence-electron chi connectivity index (χ2n) is 3.68. The summed E-state index contributed by atoms with van der Waals surface area (Å²) in [6.07, 6.45) is 3.60. The maximum absolute atomic E-state index is 9.86. The number of rotatable bonds is 1. The van der Waals surface area contributed by atoms with Crippen molar-refractivity contribution in [3.8, 4) is 5.75 Å². The van der Waals surface area contributed by atoms with Crippen LogP contribution in [-0.2, 0) is 0 Å². The van der Waals surface area contributed by atoms with Gasteiger partial charge in [-0.25, -0.2) is 0 Å². The average Bonchev–Trinajstić information content (AvgIpc) is 2.23. The van der Waals surface area contributed by atoms with E-state index in [1.165, 1.54) is 12.8 Å². The second-order valence-corrected chi connectivity index (χ2v) is 4.53. The molecule has 1 aliphatic rings. The predicted octanol–water partition coefficient (Wildman–Crippen LogP) is 2.97. The van der Waals surface area contributed by atoms with Gasteiger partial charge in [0, 0.05) is 11.6 Å². The van der Waals surface area contributed by atoms with Crippen LogP contribution in [0, 0.1) is 0 Å². The zero-order chi connectivity index (χ0) is 9.97. The van der Waals surface area contributed by atoms with Crippen LogP contribution in [0.2, 0.25) is 0 Å². The van der Waals surface area contributed by atoms with Crippen molar-refractivity contribution < 1.29 is 5.11 Å². The summed E-state index contributed by atoms with van der Waals surface area (Å²) in [7, 11) is 0. The van der Waals surface area contributed by atoms with Crippen LogP contribution in [0.25, 0.3) is 0 Å². The van der Waals surface area contributed by atoms with E-state index >= 15 is 0 Å². The summed E-state index contributed by atoms with van der Waals surface area (Å²) >= 11 is 3.33. The molecule has 1 heterocycles. The minimum Gasteiger partial charge on any atom is -0.506 e. The van der Waals surface area contributed by atoms with Gasteiger partial charge >= 0.3 is 0 Å². The number of phenols is 1. The van der Waals surface area contributed by atoms with Crippen molar-refractivity contribution in [1.29, 1.82) is 0 Å². The van der Waals surface area contributed by atoms with Gasteiger partial charge in [0.25, 0.3) is 0 Å². The number of phenolic OH excluding ortho intramolecular Hbond substituents is 1. The minimum absolute atomic E-state index is 0.321. The molecule has 0 aliphatic carbocycles. The van der Waals surface area contributed by atoms with Gasteiger partial charge in [-0.15, -0.1) is 0 Å². The van der Waals surface area contributed by atoms with Gasteiger partial charge < -0.3 is 10.4 Å². The fourth-order valence-electron chi connectivity index (χ4n) is 1.93. The van der Waals surface area contributed by atoms with E-state index < -0.39 is 0 Å². The molecule has 1 aromatic carbocycles. The summed E-state index contributed by atoms with van der Waals surface area (Å²) in [5, 5.41) is 13.3. The van der Waals surface area contributed by atoms with Gasteiger partial charge in [-0.1, -0.05) is 18.6 Å². The second kappa shape index (κ2) is 4.32. The van der Waals surface area contributed by atoms with Gasteiger partial charge in [0.05, 0.1) is 4.47 Å². The molecular weight excluding hydrogens is 242 g/mol. The summed E-state index contributed by atoms with van der Waals surface area (Å²) in [6, 6.07) is 6.14. The third-order valence-electron chi connectivity index (χ3n) is 2.70. The number of benzene rings is 1. The zero-order valence-electron chi connectivity index (χ0n) is 7.96. The Labute approximate surface area is 92.5 Å². The molecule has 0 radical (unpaired) electrons. The molecule has 1 aliphatic heterocycles. The highest BCUT2D eigenvalue weighted by atomic mass is 79.9. The Morgan fingerprint density at radius 3 is 2.93 bits per heavy atom. The SMILES string of the molecule is Oc1c(Br)cccc1C1CCCCN1. The first kappa shape index (κ1) is 9.99. The van der Waals surface area contributed by atoms with Gasteiger partial charge in [0.2, 0.25) is 0 Å². The summed E-state index contributed by atoms with van der Waals surface area (Å²) in [4.78, 5) is 0. The van der Waals surface area contributed by atoms with E-state index in [4.69, 9.17) is 0 Å². The van der Waals surface area contributed by atoms with E-state index in [0.29, 0.717) is 11.8 Å². The van der Waals surface area contributed by atoms with Crippen LogP contribution in [0.3, 0.4) is 0 Å². The Kier molecular flexibility index (Phi) is 3.08. The maximum atomic E-state index is 9.86. The number of aromatic hydroxyl groups is 1. The molecule has 1 saturated heterocycles. The van der Waals surface area contributed by atoms with Gasteiger partial charge in [0.15, 0.2) is 0 Å². The van der Waals surface area contributed by atoms with E-state index in [0.717, 1.165) is 23.0 Å². The standard InChI is InChI=1S/C11H14BrNO/c12-9-5-3-4-8(11(9)14)10-6-1-2-7-13-10/h3-5,10,13-14H,1-2,6-7H2. The molecule has 0 saturated carbocycles. The lowest BCUT2D eigenvalue weighted by Crippen LogP contribution is -2.26. The van der Waals surface area contributed by atoms with Crippen molar-refractivity contribution in [1.82, 2.24) is 5.32 Å². The first-order valence-corrected chi connectivity index (χ1v) is 5.79. The number of halogens is 1. The molecule has 1 fully saturated rings. The number of hydrogen-bond donors (Lipinski definition) is 2. The summed E-state index contributed by atoms with van der Waals surface area (Å²) in [5.41, 5.74) is 1.01. The lowest BCUT2D eigenvalue weighted by atomic mass is 9.97. The summed E-state index contributed by atoms with van der Waals surface area (Å²) in [5.74, 6) is 0.381. The van der Waals surface area contributed by atoms with Crippen molar-refractivity contribution in [3.63, 3.8) is 0 Å². The lowest BCUT2D eigenvalue weighted by molar-refractivity contribution is 0.390. The molecule has 2 N–H and O–H groups in total. The van der Waals surface area contributed by atoms with Crippen LogP contribution < -0.4 is 5.32 Å². The van der Waals surface area contributed by atoms with E-state index in [2.05, 4.69) is 21.2 Å². The minimum atomic E-state index is 0.321. The Balaban J connectivity index is 2.26. The highest BCUT2D eigenvalue weighted by Crippen LogP contribution is 2.34. The molecule has 3 heteroatoms. The van der Waals surface area contributed by atoms with Crippen LogP contribution >= 0.6 is 15.9 Å². The van der Waals surface area contributed by atoms with Crippen molar-refractivity contribution in [3.05, 3.63) is 28.2 Å². The summed E-state index contributed by atoms with van der Waals surface area (Å²) < 4.78 is 0.780. The van der Waals surface area contributed by atoms with E-state index in [-0.39, 0.29) is 0 Å². The van der Waals surface area contributed by atoms with Crippen LogP contribution in [0.1, 0.15) is 30.9 Å². The molecule has 0 spiro atoms. The quantitative estimate of drug-likeness (QED) is 0.809. The Bertz CT molecular complexity index is 321. The highest BCUT2D eigenvalue weighted by molar-refractivity contribution is 9.10. The monoisotopic (exact) mass is 255 g/mol. The normalized spacial score (nSPS) is 22.2. The topological polar surface area (TPSA) is 32.3 Å². The molecule has 1 aromatic rings. The molecule has 1 unspecified atom stereocenters. The molecule has 76 valence electrons. The Hall–Kier alpha value is -0.540. The number of piperidine rings is 1. The third kappa shape index (κ3) is 1.93. The maximum Gasteiger partial charge on any atom is 0.134 e. The number of hydrogen-bond acceptors (Lipinski definition) is 2. The van der Waals surface area contributed by atoms with Gasteiger partial charge in [0.1, 0.15) is 5.75 Å². The van der Waals surface area contributed by atoms with Crippen LogP contribution in [0.5, 0.6) is 5.75 Å². The molecule has 2 rings (SSSR count). The average molecular weight is 256 g/mol. The zero-order valence-corrected chi connectivity index (χ0v) is 9.55. The highest BCUT2D eigenvalue weighted by Gasteiger charge is 2.18. The van der Waals surface area contributed by atoms with E-state index in [9.17, 15) is 5.11 Å². The largest absolute Gasteiger partial charge is 0.506 e. The summed E-state index contributed by atoms with van der Waals surface area (Å²) in [6.45, 7) is 1.05. The van der Waals surface area contributed by atoms with Gasteiger partial charge in [-0.3, -0.25) is 0 Å². The molecule has 0 aromatic heterocycles. The van der Waals surface area contributed by atoms with Crippen molar-refractivity contribution >= 4 is 15.9 Å². The van der Waals surface area contributed by atoms with E-state index in [1.54, 1.807) is 0 Å². The molecule has 14 heavy (non-hydrogen) atoms. The van der Waals surface area contributed by atoms with Crippen molar-refractivity contribution in [2.75, 3.05) is 6.54 Å². The molecule has 0 bridgehead atoms. The molecule has 1 atom stereocenters. The molecular formula is C11H14BrNO. The molecule has 2 nitrogen and oxygen atoms in total. The van der Waals surface area contributed by atoms with Crippen LogP contribution in [-0.4, -0.2) is 11.7 Å². The van der Waals surface area contributed by atoms with Crippen molar-refractivity contribution in [2.24, 2.45) is 0 Å². The predicted molar refractivity (Wildman–Crippen MR) is 60.4 cm³/mol. The van der Waals surface area contributed by atoms with Gasteiger partial charge in [-0.2, -0.15) is 0 Å². The lowest BCUT2D eigenvalue weighted by Gasteiger charge is -2.24. The van der Waals surface area contributed by atoms with Crippen LogP contribution in [0.15, 0.2) is 22.7 Å². The number of para-hydroxylation sites is 1. The molecule has 0 amide bonds. The Morgan fingerprint density at radius 1 is 1.36 bits per heavy atom. The van der Waals surface area contributed by atoms with Crippen LogP contribution in [0.4, 0.5) is 0 Å². The smallest absolute Gasteiger partial charge is 0.134 e. The van der Waals surface area contributed by atoms with E-state index in [1.807, 2.05) is 18.2 Å². The van der Waals surface area contributed by atoms with Gasteiger partial charge in [-0.05, 0) is 41.4 Å².